The molecule has 4 nitrogen and oxygen atoms in total. The third-order valence-electron chi connectivity index (χ3n) is 2.74. The third-order valence-corrected chi connectivity index (χ3v) is 3.82. The molecule has 0 amide bonds. The molecule has 1 aromatic heterocycles. The van der Waals surface area contributed by atoms with Crippen molar-refractivity contribution in [2.45, 2.75) is 6.54 Å². The van der Waals surface area contributed by atoms with E-state index in [2.05, 4.69) is 0 Å². The van der Waals surface area contributed by atoms with Crippen molar-refractivity contribution in [3.05, 3.63) is 52.2 Å². The molecule has 2 rings (SSSR count). The molecule has 104 valence electrons. The molecule has 0 aliphatic rings. The van der Waals surface area contributed by atoms with Crippen LogP contribution in [0.3, 0.4) is 0 Å². The predicted octanol–water partition coefficient (Wildman–Crippen LogP) is 2.78. The molecule has 0 aliphatic carbocycles. The quantitative estimate of drug-likeness (QED) is 0.695. The maximum Gasteiger partial charge on any atom is 0.337 e. The number of methoxy groups -OCH3 is 1. The van der Waals surface area contributed by atoms with Gasteiger partial charge in [0.25, 0.3) is 0 Å². The van der Waals surface area contributed by atoms with Gasteiger partial charge in [-0.1, -0.05) is 12.1 Å². The highest BCUT2D eigenvalue weighted by atomic mass is 32.1. The van der Waals surface area contributed by atoms with Crippen LogP contribution in [-0.2, 0) is 11.3 Å². The van der Waals surface area contributed by atoms with Gasteiger partial charge in [-0.15, -0.1) is 11.3 Å². The Morgan fingerprint density at radius 1 is 1.40 bits per heavy atom. The number of rotatable bonds is 4. The zero-order chi connectivity index (χ0) is 14.5. The van der Waals surface area contributed by atoms with Crippen LogP contribution < -0.4 is 10.6 Å². The van der Waals surface area contributed by atoms with E-state index in [1.54, 1.807) is 34.4 Å². The van der Waals surface area contributed by atoms with E-state index in [0.717, 1.165) is 10.6 Å². The van der Waals surface area contributed by atoms with Gasteiger partial charge in [-0.3, -0.25) is 0 Å². The fourth-order valence-corrected chi connectivity index (χ4v) is 2.64. The third kappa shape index (κ3) is 3.34. The second kappa shape index (κ2) is 6.49. The molecule has 0 aliphatic heterocycles. The summed E-state index contributed by atoms with van der Waals surface area (Å²) in [5.74, 6) is -0.383. The molecule has 1 heterocycles. The molecule has 6 heteroatoms. The van der Waals surface area contributed by atoms with Crippen molar-refractivity contribution in [3.63, 3.8) is 0 Å². The average molecular weight is 306 g/mol. The summed E-state index contributed by atoms with van der Waals surface area (Å²) in [5.41, 5.74) is 7.03. The van der Waals surface area contributed by atoms with Crippen molar-refractivity contribution >= 4 is 40.3 Å². The zero-order valence-electron chi connectivity index (χ0n) is 10.9. The zero-order valence-corrected chi connectivity index (χ0v) is 12.5. The van der Waals surface area contributed by atoms with Crippen LogP contribution in [-0.4, -0.2) is 18.2 Å². The molecule has 0 saturated heterocycles. The van der Waals surface area contributed by atoms with Gasteiger partial charge in [-0.25, -0.2) is 4.79 Å². The summed E-state index contributed by atoms with van der Waals surface area (Å²) in [7, 11) is 1.35. The lowest BCUT2D eigenvalue weighted by Gasteiger charge is -2.22. The number of hydrogen-bond acceptors (Lipinski definition) is 4. The highest BCUT2D eigenvalue weighted by Crippen LogP contribution is 2.21. The number of esters is 1. The molecule has 0 fully saturated rings. The van der Waals surface area contributed by atoms with Gasteiger partial charge in [0.15, 0.2) is 5.11 Å². The van der Waals surface area contributed by atoms with Crippen molar-refractivity contribution in [1.82, 2.24) is 0 Å². The second-order valence-electron chi connectivity index (χ2n) is 4.05. The molecular formula is C14H14N2O2S2. The number of ether oxygens (including phenoxy) is 1. The Balaban J connectivity index is 2.30. The van der Waals surface area contributed by atoms with Crippen LogP contribution in [0.4, 0.5) is 5.69 Å². The number of hydrogen-bond donors (Lipinski definition) is 1. The maximum absolute atomic E-state index is 11.6. The van der Waals surface area contributed by atoms with E-state index in [9.17, 15) is 4.79 Å². The fourth-order valence-electron chi connectivity index (χ4n) is 1.77. The summed E-state index contributed by atoms with van der Waals surface area (Å²) < 4.78 is 4.72. The first-order valence-corrected chi connectivity index (χ1v) is 7.18. The van der Waals surface area contributed by atoms with Crippen molar-refractivity contribution < 1.29 is 9.53 Å². The van der Waals surface area contributed by atoms with Crippen LogP contribution in [0.2, 0.25) is 0 Å². The minimum atomic E-state index is -0.383. The lowest BCUT2D eigenvalue weighted by atomic mass is 10.2. The number of carbonyl (C=O) groups excluding carboxylic acids is 1. The summed E-state index contributed by atoms with van der Waals surface area (Å²) >= 11 is 6.73. The smallest absolute Gasteiger partial charge is 0.337 e. The van der Waals surface area contributed by atoms with Crippen LogP contribution in [0.25, 0.3) is 0 Å². The maximum atomic E-state index is 11.6. The Hall–Kier alpha value is -1.92. The van der Waals surface area contributed by atoms with E-state index in [4.69, 9.17) is 22.7 Å². The SMILES string of the molecule is COC(=O)c1cccc(N(Cc2cccs2)C(N)=S)c1. The van der Waals surface area contributed by atoms with E-state index >= 15 is 0 Å². The topological polar surface area (TPSA) is 55.6 Å². The lowest BCUT2D eigenvalue weighted by Crippen LogP contribution is -2.34. The van der Waals surface area contributed by atoms with E-state index in [1.165, 1.54) is 7.11 Å². The highest BCUT2D eigenvalue weighted by molar-refractivity contribution is 7.80. The number of nitrogens with two attached hydrogens (primary N) is 1. The van der Waals surface area contributed by atoms with E-state index < -0.39 is 0 Å². The van der Waals surface area contributed by atoms with Gasteiger partial charge in [0.1, 0.15) is 0 Å². The van der Waals surface area contributed by atoms with Crippen LogP contribution >= 0.6 is 23.6 Å². The van der Waals surface area contributed by atoms with Crippen LogP contribution in [0.1, 0.15) is 15.2 Å². The molecular weight excluding hydrogens is 292 g/mol. The second-order valence-corrected chi connectivity index (χ2v) is 5.50. The van der Waals surface area contributed by atoms with Gasteiger partial charge in [-0.05, 0) is 41.9 Å². The number of nitrogens with zero attached hydrogens (tertiary/aromatic N) is 1. The molecule has 0 spiro atoms. The summed E-state index contributed by atoms with van der Waals surface area (Å²) in [4.78, 5) is 14.5. The van der Waals surface area contributed by atoms with Gasteiger partial charge >= 0.3 is 5.97 Å². The molecule has 1 aromatic carbocycles. The predicted molar refractivity (Wildman–Crippen MR) is 85.1 cm³/mol. The normalized spacial score (nSPS) is 10.1. The summed E-state index contributed by atoms with van der Waals surface area (Å²) in [5, 5.41) is 2.26. The Bertz CT molecular complexity index is 611. The highest BCUT2D eigenvalue weighted by Gasteiger charge is 2.13. The van der Waals surface area contributed by atoms with Crippen molar-refractivity contribution in [3.8, 4) is 0 Å². The monoisotopic (exact) mass is 306 g/mol. The molecule has 0 radical (unpaired) electrons. The Labute approximate surface area is 126 Å². The van der Waals surface area contributed by atoms with Crippen molar-refractivity contribution in [1.29, 1.82) is 0 Å². The minimum Gasteiger partial charge on any atom is -0.465 e. The molecule has 0 atom stereocenters. The van der Waals surface area contributed by atoms with Gasteiger partial charge in [0.2, 0.25) is 0 Å². The largest absolute Gasteiger partial charge is 0.465 e. The van der Waals surface area contributed by atoms with Crippen LogP contribution in [0.5, 0.6) is 0 Å². The van der Waals surface area contributed by atoms with Gasteiger partial charge in [-0.2, -0.15) is 0 Å². The van der Waals surface area contributed by atoms with Gasteiger partial charge in [0, 0.05) is 10.6 Å². The number of benzene rings is 1. The molecule has 0 bridgehead atoms. The van der Waals surface area contributed by atoms with Crippen LogP contribution in [0, 0.1) is 0 Å². The molecule has 0 saturated carbocycles. The summed E-state index contributed by atoms with van der Waals surface area (Å²) in [6, 6.07) is 11.0. The fraction of sp³-hybridized carbons (Fsp3) is 0.143. The summed E-state index contributed by atoms with van der Waals surface area (Å²) in [6.45, 7) is 0.581. The number of thiocarbonyl (C=S) groups is 1. The van der Waals surface area contributed by atoms with Crippen LogP contribution in [0.15, 0.2) is 41.8 Å². The number of carbonyl (C=O) groups is 1. The Morgan fingerprint density at radius 2 is 2.20 bits per heavy atom. The molecule has 20 heavy (non-hydrogen) atoms. The molecule has 0 unspecified atom stereocenters. The van der Waals surface area contributed by atoms with E-state index in [-0.39, 0.29) is 11.1 Å². The van der Waals surface area contributed by atoms with Crippen molar-refractivity contribution in [2.75, 3.05) is 12.0 Å². The lowest BCUT2D eigenvalue weighted by molar-refractivity contribution is 0.0601. The number of anilines is 1. The van der Waals surface area contributed by atoms with Gasteiger partial charge < -0.3 is 15.4 Å². The minimum absolute atomic E-state index is 0.264. The number of thiophene rings is 1. The first-order chi connectivity index (χ1) is 9.61. The van der Waals surface area contributed by atoms with Crippen molar-refractivity contribution in [2.24, 2.45) is 5.73 Å². The summed E-state index contributed by atoms with van der Waals surface area (Å²) in [6.07, 6.45) is 0. The van der Waals surface area contributed by atoms with Gasteiger partial charge in [0.05, 0.1) is 19.2 Å². The molecule has 2 aromatic rings. The first-order valence-electron chi connectivity index (χ1n) is 5.89. The first kappa shape index (κ1) is 14.5. The van der Waals surface area contributed by atoms with E-state index in [1.807, 2.05) is 23.6 Å². The Kier molecular flexibility index (Phi) is 4.70. The molecule has 2 N–H and O–H groups in total. The standard InChI is InChI=1S/C14H14N2O2S2/c1-18-13(17)10-4-2-5-11(8-10)16(14(15)19)9-12-6-3-7-20-12/h2-8H,9H2,1H3,(H2,15,19). The van der Waals surface area contributed by atoms with E-state index in [0.29, 0.717) is 12.1 Å². The average Bonchev–Trinajstić information content (AvgIpc) is 2.96. The Morgan fingerprint density at radius 3 is 2.80 bits per heavy atom.